The Kier molecular flexibility index (Phi) is 18.3. The van der Waals surface area contributed by atoms with Crippen molar-refractivity contribution in [3.05, 3.63) is 61.0 Å². The lowest BCUT2D eigenvalue weighted by Gasteiger charge is -2.09. The van der Waals surface area contributed by atoms with Crippen molar-refractivity contribution in [3.8, 4) is 0 Å². The van der Waals surface area contributed by atoms with Crippen LogP contribution >= 0.6 is 57.1 Å². The van der Waals surface area contributed by atoms with E-state index in [1.165, 1.54) is 0 Å². The molecule has 0 amide bonds. The fraction of sp³-hybridized carbons (Fsp3) is 0.440. The van der Waals surface area contributed by atoms with Gasteiger partial charge in [0.2, 0.25) is 9.05 Å². The molecule has 2 rings (SSSR count). The van der Waals surface area contributed by atoms with Crippen molar-refractivity contribution in [2.24, 2.45) is 0 Å². The molecular weight excluding hydrogens is 684 g/mol. The maximum Gasteiger partial charge on any atom is 0.306 e. The van der Waals surface area contributed by atoms with E-state index in [1.807, 2.05) is 13.8 Å². The number of aryl methyl sites for hydroxylation is 2. The van der Waals surface area contributed by atoms with Crippen molar-refractivity contribution in [1.82, 2.24) is 0 Å². The number of ether oxygens (including phenoxy) is 2. The molecule has 2 N–H and O–H groups in total. The van der Waals surface area contributed by atoms with E-state index in [-0.39, 0.29) is 43.3 Å². The molecule has 0 unspecified atom stereocenters. The van der Waals surface area contributed by atoms with Crippen molar-refractivity contribution < 1.29 is 35.9 Å². The van der Waals surface area contributed by atoms with Crippen LogP contribution in [0.25, 0.3) is 0 Å². The highest BCUT2D eigenvalue weighted by atomic mass is 35.7. The molecule has 0 fully saturated rings. The second-order valence-corrected chi connectivity index (χ2v) is 15.0. The summed E-state index contributed by atoms with van der Waals surface area (Å²) in [6.07, 6.45) is -0.350. The number of rotatable bonds is 10. The van der Waals surface area contributed by atoms with Gasteiger partial charge in [0, 0.05) is 26.3 Å². The van der Waals surface area contributed by atoms with Gasteiger partial charge < -0.3 is 15.2 Å². The molecule has 0 bridgehead atoms. The van der Waals surface area contributed by atoms with Crippen LogP contribution in [0, 0.1) is 13.8 Å². The third-order valence-corrected chi connectivity index (χ3v) is 8.66. The topological polar surface area (TPSA) is 147 Å². The number of carbonyl (C=O) groups excluding carboxylic acids is 2. The molecule has 0 heterocycles. The minimum atomic E-state index is -3.57. The molecule has 41 heavy (non-hydrogen) atoms. The highest BCUT2D eigenvalue weighted by molar-refractivity contribution is 8.13. The summed E-state index contributed by atoms with van der Waals surface area (Å²) >= 11 is 23.4. The molecule has 0 saturated heterocycles. The zero-order valence-corrected chi connectivity index (χ0v) is 28.2. The smallest absolute Gasteiger partial charge is 0.306 e. The second-order valence-electron chi connectivity index (χ2n) is 8.29. The molecule has 0 atom stereocenters. The Hall–Kier alpha value is -1.47. The van der Waals surface area contributed by atoms with Gasteiger partial charge in [-0.3, -0.25) is 9.59 Å². The Morgan fingerprint density at radius 3 is 1.46 bits per heavy atom. The van der Waals surface area contributed by atoms with Gasteiger partial charge in [0.25, 0.3) is 0 Å². The molecule has 16 heteroatoms. The fourth-order valence-corrected chi connectivity index (χ4v) is 6.28. The van der Waals surface area contributed by atoms with E-state index in [0.29, 0.717) is 31.3 Å². The first-order valence-corrected chi connectivity index (χ1v) is 17.7. The molecule has 0 radical (unpaired) electrons. The Labute approximate surface area is 265 Å². The summed E-state index contributed by atoms with van der Waals surface area (Å²) in [6.45, 7) is 7.52. The van der Waals surface area contributed by atoms with Crippen LogP contribution in [0.15, 0.2) is 24.3 Å². The van der Waals surface area contributed by atoms with Gasteiger partial charge in [-0.05, 0) is 63.1 Å². The van der Waals surface area contributed by atoms with Crippen molar-refractivity contribution >= 4 is 93.6 Å². The molecule has 0 aromatic heterocycles. The van der Waals surface area contributed by atoms with Crippen LogP contribution in [0.2, 0.25) is 20.1 Å². The number of carbonyl (C=O) groups is 2. The lowest BCUT2D eigenvalue weighted by molar-refractivity contribution is -0.143. The normalized spacial score (nSPS) is 11.0. The largest absolute Gasteiger partial charge is 0.466 e. The van der Waals surface area contributed by atoms with Crippen molar-refractivity contribution in [2.75, 3.05) is 30.5 Å². The number of sulfone groups is 1. The van der Waals surface area contributed by atoms with Crippen molar-refractivity contribution in [2.45, 2.75) is 46.3 Å². The van der Waals surface area contributed by atoms with Gasteiger partial charge in [0.1, 0.15) is 0 Å². The zero-order valence-electron chi connectivity index (χ0n) is 22.8. The molecule has 0 saturated carbocycles. The van der Waals surface area contributed by atoms with Crippen LogP contribution in [0.5, 0.6) is 0 Å². The summed E-state index contributed by atoms with van der Waals surface area (Å²) in [5, 5.41) is 1.67. The van der Waals surface area contributed by atoms with E-state index in [0.717, 1.165) is 11.1 Å². The Morgan fingerprint density at radius 1 is 0.732 bits per heavy atom. The van der Waals surface area contributed by atoms with Crippen LogP contribution in [0.1, 0.15) is 43.4 Å². The van der Waals surface area contributed by atoms with Gasteiger partial charge in [-0.1, -0.05) is 46.4 Å². The van der Waals surface area contributed by atoms with Gasteiger partial charge in [-0.25, -0.2) is 16.8 Å². The molecule has 9 nitrogen and oxygen atoms in total. The minimum Gasteiger partial charge on any atom is -0.466 e. The minimum absolute atomic E-state index is 0.169. The Bertz CT molecular complexity index is 1350. The number of esters is 2. The van der Waals surface area contributed by atoms with E-state index in [4.69, 9.17) is 67.6 Å². The number of halogens is 5. The molecule has 2 aromatic carbocycles. The van der Waals surface area contributed by atoms with Gasteiger partial charge in [0.05, 0.1) is 59.0 Å². The third-order valence-electron chi connectivity index (χ3n) is 4.65. The second kappa shape index (κ2) is 18.9. The number of benzene rings is 2. The first-order valence-electron chi connectivity index (χ1n) is 11.9. The molecule has 0 aliphatic rings. The average Bonchev–Trinajstić information content (AvgIpc) is 2.83. The Morgan fingerprint density at radius 2 is 1.10 bits per heavy atom. The van der Waals surface area contributed by atoms with Gasteiger partial charge in [-0.2, -0.15) is 0 Å². The first-order chi connectivity index (χ1) is 18.8. The monoisotopic (exact) mass is 713 g/mol. The third kappa shape index (κ3) is 17.9. The predicted molar refractivity (Wildman–Crippen MR) is 166 cm³/mol. The van der Waals surface area contributed by atoms with E-state index in [2.05, 4.69) is 4.74 Å². The summed E-state index contributed by atoms with van der Waals surface area (Å²) in [5.41, 5.74) is 8.18. The first kappa shape index (κ1) is 39.5. The van der Waals surface area contributed by atoms with Gasteiger partial charge >= 0.3 is 11.9 Å². The summed E-state index contributed by atoms with van der Waals surface area (Å²) < 4.78 is 53.7. The van der Waals surface area contributed by atoms with E-state index < -0.39 is 30.8 Å². The van der Waals surface area contributed by atoms with Gasteiger partial charge in [0.15, 0.2) is 9.84 Å². The summed E-state index contributed by atoms with van der Waals surface area (Å²) in [6, 6.07) is 6.87. The maximum absolute atomic E-state index is 12.0. The molecule has 0 spiro atoms. The number of hydrogen-bond acceptors (Lipinski definition) is 9. The Balaban J connectivity index is 0.000000643. The summed E-state index contributed by atoms with van der Waals surface area (Å²) in [4.78, 5) is 21.7. The van der Waals surface area contributed by atoms with E-state index >= 15 is 0 Å². The average molecular weight is 716 g/mol. The standard InChI is InChI=1S/C13H16Cl2O4S.C7H7Cl2N.C5H9ClO4S/c1-3-19-13(16)4-5-20(17,18)8-10-11(14)6-9(2)7-12(10)15;1-4-2-5(8)7(10)6(9)3-4;1-2-10-5(7)3-4-11(6,8)9/h6-7H,3-5,8H2,1-2H3;2-3H,10H2,1H3;2-4H2,1H3. The van der Waals surface area contributed by atoms with Gasteiger partial charge in [-0.15, -0.1) is 0 Å². The maximum atomic E-state index is 12.0. The van der Waals surface area contributed by atoms with Crippen LogP contribution < -0.4 is 5.73 Å². The van der Waals surface area contributed by atoms with Crippen LogP contribution in [0.4, 0.5) is 5.69 Å². The summed E-state index contributed by atoms with van der Waals surface area (Å²) in [7, 11) is -2.20. The molecule has 232 valence electrons. The SMILES string of the molecule is CCOC(=O)CCS(=O)(=O)Cc1c(Cl)cc(C)cc1Cl.CCOC(=O)CCS(=O)(=O)Cl.Cc1cc(Cl)c(N)c(Cl)c1. The summed E-state index contributed by atoms with van der Waals surface area (Å²) in [5.74, 6) is -2.02. The molecule has 0 aliphatic carbocycles. The molecule has 0 aliphatic heterocycles. The van der Waals surface area contributed by atoms with E-state index in [1.54, 1.807) is 38.1 Å². The lowest BCUT2D eigenvalue weighted by atomic mass is 10.2. The van der Waals surface area contributed by atoms with E-state index in [9.17, 15) is 26.4 Å². The highest BCUT2D eigenvalue weighted by Crippen LogP contribution is 2.29. The van der Waals surface area contributed by atoms with Crippen LogP contribution in [-0.4, -0.2) is 53.5 Å². The lowest BCUT2D eigenvalue weighted by Crippen LogP contribution is -2.15. The van der Waals surface area contributed by atoms with Crippen molar-refractivity contribution in [1.29, 1.82) is 0 Å². The zero-order chi connectivity index (χ0) is 32.0. The number of nitrogen functional groups attached to an aromatic ring is 1. The van der Waals surface area contributed by atoms with Crippen LogP contribution in [-0.2, 0) is 43.7 Å². The quantitative estimate of drug-likeness (QED) is 0.164. The fourth-order valence-electron chi connectivity index (χ4n) is 2.78. The predicted octanol–water partition coefficient (Wildman–Crippen LogP) is 6.56. The van der Waals surface area contributed by atoms with Crippen molar-refractivity contribution in [3.63, 3.8) is 0 Å². The highest BCUT2D eigenvalue weighted by Gasteiger charge is 2.19. The van der Waals surface area contributed by atoms with Crippen LogP contribution in [0.3, 0.4) is 0 Å². The number of anilines is 1. The molecule has 2 aromatic rings. The molecular formula is C25H32Cl5NO8S2. The number of hydrogen-bond donors (Lipinski definition) is 1. The number of nitrogens with two attached hydrogens (primary N) is 1.